The second kappa shape index (κ2) is 5.29. The Balaban J connectivity index is 2.26. The summed E-state index contributed by atoms with van der Waals surface area (Å²) in [6.07, 6.45) is -0.487. The van der Waals surface area contributed by atoms with Crippen LogP contribution in [0.5, 0.6) is 5.75 Å². The Kier molecular flexibility index (Phi) is 3.76. The zero-order valence-electron chi connectivity index (χ0n) is 9.39. The van der Waals surface area contributed by atoms with E-state index in [1.807, 2.05) is 17.5 Å². The maximum absolute atomic E-state index is 13.7. The molecule has 90 valence electrons. The molecule has 0 radical (unpaired) electrons. The van der Waals surface area contributed by atoms with Crippen molar-refractivity contribution in [3.8, 4) is 5.75 Å². The summed E-state index contributed by atoms with van der Waals surface area (Å²) in [6, 6.07) is 8.37. The lowest BCUT2D eigenvalue weighted by Crippen LogP contribution is -2.06. The standard InChI is InChI=1S/C13H13FO2S/c1-16-12-6-2-5-10(14)13(12)11(15)8-9-4-3-7-17-9/h2-7,11,15H,8H2,1H3. The van der Waals surface area contributed by atoms with E-state index < -0.39 is 11.9 Å². The Morgan fingerprint density at radius 3 is 2.82 bits per heavy atom. The first kappa shape index (κ1) is 12.1. The van der Waals surface area contributed by atoms with Gasteiger partial charge in [-0.05, 0) is 23.6 Å². The molecule has 0 saturated carbocycles. The molecule has 1 aromatic carbocycles. The normalized spacial score (nSPS) is 12.4. The van der Waals surface area contributed by atoms with Gasteiger partial charge in [0.1, 0.15) is 11.6 Å². The fourth-order valence-corrected chi connectivity index (χ4v) is 2.48. The molecule has 1 heterocycles. The molecule has 2 rings (SSSR count). The van der Waals surface area contributed by atoms with E-state index in [-0.39, 0.29) is 5.56 Å². The molecule has 2 nitrogen and oxygen atoms in total. The van der Waals surface area contributed by atoms with Crippen molar-refractivity contribution in [1.29, 1.82) is 0 Å². The highest BCUT2D eigenvalue weighted by Crippen LogP contribution is 2.30. The SMILES string of the molecule is COc1cccc(F)c1C(O)Cc1cccs1. The Bertz CT molecular complexity index is 482. The second-order valence-electron chi connectivity index (χ2n) is 3.66. The summed E-state index contributed by atoms with van der Waals surface area (Å²) in [4.78, 5) is 1.02. The van der Waals surface area contributed by atoms with Crippen molar-refractivity contribution < 1.29 is 14.2 Å². The average Bonchev–Trinajstić information content (AvgIpc) is 2.81. The Hall–Kier alpha value is -1.39. The van der Waals surface area contributed by atoms with Crippen LogP contribution in [-0.4, -0.2) is 12.2 Å². The Morgan fingerprint density at radius 1 is 1.35 bits per heavy atom. The van der Waals surface area contributed by atoms with Crippen LogP contribution in [0.2, 0.25) is 0 Å². The predicted octanol–water partition coefficient (Wildman–Crippen LogP) is 3.17. The molecule has 0 amide bonds. The lowest BCUT2D eigenvalue weighted by atomic mass is 10.0. The number of aliphatic hydroxyl groups excluding tert-OH is 1. The molecule has 1 atom stereocenters. The number of aliphatic hydroxyl groups is 1. The minimum absolute atomic E-state index is 0.225. The maximum Gasteiger partial charge on any atom is 0.132 e. The quantitative estimate of drug-likeness (QED) is 0.905. The van der Waals surface area contributed by atoms with Gasteiger partial charge in [-0.2, -0.15) is 0 Å². The van der Waals surface area contributed by atoms with E-state index in [2.05, 4.69) is 0 Å². The lowest BCUT2D eigenvalue weighted by Gasteiger charge is -2.14. The number of ether oxygens (including phenoxy) is 1. The summed E-state index contributed by atoms with van der Waals surface area (Å²) >= 11 is 1.54. The minimum Gasteiger partial charge on any atom is -0.496 e. The van der Waals surface area contributed by atoms with Crippen LogP contribution in [0.4, 0.5) is 4.39 Å². The third-order valence-electron chi connectivity index (χ3n) is 2.54. The zero-order chi connectivity index (χ0) is 12.3. The molecule has 0 bridgehead atoms. The smallest absolute Gasteiger partial charge is 0.132 e. The van der Waals surface area contributed by atoms with E-state index in [0.29, 0.717) is 12.2 Å². The van der Waals surface area contributed by atoms with Crippen molar-refractivity contribution in [2.75, 3.05) is 7.11 Å². The van der Waals surface area contributed by atoms with E-state index in [4.69, 9.17) is 4.74 Å². The number of hydrogen-bond donors (Lipinski definition) is 1. The second-order valence-corrected chi connectivity index (χ2v) is 4.69. The van der Waals surface area contributed by atoms with E-state index in [1.54, 1.807) is 23.5 Å². The van der Waals surface area contributed by atoms with Gasteiger partial charge in [0.2, 0.25) is 0 Å². The summed E-state index contributed by atoms with van der Waals surface area (Å²) in [6.45, 7) is 0. The van der Waals surface area contributed by atoms with E-state index in [9.17, 15) is 9.50 Å². The van der Waals surface area contributed by atoms with Gasteiger partial charge >= 0.3 is 0 Å². The monoisotopic (exact) mass is 252 g/mol. The summed E-state index contributed by atoms with van der Waals surface area (Å²) in [5.74, 6) is -0.0533. The van der Waals surface area contributed by atoms with Crippen LogP contribution in [0.1, 0.15) is 16.5 Å². The molecular formula is C13H13FO2S. The predicted molar refractivity (Wildman–Crippen MR) is 65.9 cm³/mol. The van der Waals surface area contributed by atoms with Gasteiger partial charge in [-0.3, -0.25) is 0 Å². The molecule has 4 heteroatoms. The lowest BCUT2D eigenvalue weighted by molar-refractivity contribution is 0.170. The van der Waals surface area contributed by atoms with Crippen LogP contribution < -0.4 is 4.74 Å². The van der Waals surface area contributed by atoms with Gasteiger partial charge in [0.25, 0.3) is 0 Å². The van der Waals surface area contributed by atoms with Crippen LogP contribution >= 0.6 is 11.3 Å². The first-order chi connectivity index (χ1) is 8.22. The minimum atomic E-state index is -0.884. The number of hydrogen-bond acceptors (Lipinski definition) is 3. The number of benzene rings is 1. The first-order valence-corrected chi connectivity index (χ1v) is 6.13. The van der Waals surface area contributed by atoms with Gasteiger partial charge in [0.15, 0.2) is 0 Å². The average molecular weight is 252 g/mol. The highest BCUT2D eigenvalue weighted by molar-refractivity contribution is 7.09. The van der Waals surface area contributed by atoms with Gasteiger partial charge < -0.3 is 9.84 Å². The first-order valence-electron chi connectivity index (χ1n) is 5.25. The van der Waals surface area contributed by atoms with Crippen molar-refractivity contribution in [2.45, 2.75) is 12.5 Å². The number of thiophene rings is 1. The fraction of sp³-hybridized carbons (Fsp3) is 0.231. The topological polar surface area (TPSA) is 29.5 Å². The zero-order valence-corrected chi connectivity index (χ0v) is 10.2. The van der Waals surface area contributed by atoms with Gasteiger partial charge in [-0.25, -0.2) is 4.39 Å². The van der Waals surface area contributed by atoms with Crippen molar-refractivity contribution in [3.05, 3.63) is 52.0 Å². The summed E-state index contributed by atoms with van der Waals surface area (Å²) in [5.41, 5.74) is 0.225. The van der Waals surface area contributed by atoms with Gasteiger partial charge in [-0.1, -0.05) is 12.1 Å². The highest BCUT2D eigenvalue weighted by atomic mass is 32.1. The number of rotatable bonds is 4. The Morgan fingerprint density at radius 2 is 2.18 bits per heavy atom. The molecule has 1 aromatic heterocycles. The molecule has 0 fully saturated rings. The molecule has 17 heavy (non-hydrogen) atoms. The van der Waals surface area contributed by atoms with Crippen molar-refractivity contribution >= 4 is 11.3 Å². The van der Waals surface area contributed by atoms with Gasteiger partial charge in [0.05, 0.1) is 18.8 Å². The molecule has 1 unspecified atom stereocenters. The van der Waals surface area contributed by atoms with Crippen LogP contribution in [0.15, 0.2) is 35.7 Å². The molecule has 1 N–H and O–H groups in total. The van der Waals surface area contributed by atoms with Crippen molar-refractivity contribution in [2.24, 2.45) is 0 Å². The third kappa shape index (κ3) is 2.65. The molecule has 0 saturated heterocycles. The van der Waals surface area contributed by atoms with Crippen LogP contribution in [0, 0.1) is 5.82 Å². The van der Waals surface area contributed by atoms with Crippen LogP contribution in [-0.2, 0) is 6.42 Å². The number of halogens is 1. The summed E-state index contributed by atoms with van der Waals surface area (Å²) < 4.78 is 18.7. The molecule has 0 aliphatic carbocycles. The summed E-state index contributed by atoms with van der Waals surface area (Å²) in [7, 11) is 1.47. The molecule has 0 aliphatic heterocycles. The molecular weight excluding hydrogens is 239 g/mol. The largest absolute Gasteiger partial charge is 0.496 e. The van der Waals surface area contributed by atoms with E-state index in [1.165, 1.54) is 13.2 Å². The summed E-state index contributed by atoms with van der Waals surface area (Å²) in [5, 5.41) is 12.0. The molecule has 0 aliphatic rings. The maximum atomic E-state index is 13.7. The number of methoxy groups -OCH3 is 1. The highest BCUT2D eigenvalue weighted by Gasteiger charge is 2.18. The molecule has 0 spiro atoms. The fourth-order valence-electron chi connectivity index (χ4n) is 1.74. The van der Waals surface area contributed by atoms with Crippen LogP contribution in [0.3, 0.4) is 0 Å². The van der Waals surface area contributed by atoms with E-state index >= 15 is 0 Å². The van der Waals surface area contributed by atoms with E-state index in [0.717, 1.165) is 4.88 Å². The van der Waals surface area contributed by atoms with Crippen molar-refractivity contribution in [3.63, 3.8) is 0 Å². The van der Waals surface area contributed by atoms with Crippen LogP contribution in [0.25, 0.3) is 0 Å². The Labute approximate surface area is 103 Å². The van der Waals surface area contributed by atoms with Crippen molar-refractivity contribution in [1.82, 2.24) is 0 Å². The molecule has 2 aromatic rings. The third-order valence-corrected chi connectivity index (χ3v) is 3.44. The van der Waals surface area contributed by atoms with Gasteiger partial charge in [-0.15, -0.1) is 11.3 Å². The van der Waals surface area contributed by atoms with Gasteiger partial charge in [0, 0.05) is 11.3 Å².